The molecule has 3 saturated heterocycles. The molecular weight excluding hydrogens is 801 g/mol. The molecule has 2 N–H and O–H groups in total. The highest BCUT2D eigenvalue weighted by atomic mass is 19.3. The van der Waals surface area contributed by atoms with E-state index in [2.05, 4.69) is 43.7 Å². The highest BCUT2D eigenvalue weighted by molar-refractivity contribution is 6.08. The predicted molar refractivity (Wildman–Crippen MR) is 225 cm³/mol. The number of nitrogens with one attached hydrogen (secondary N) is 2. The molecule has 328 valence electrons. The SMILES string of the molecule is Cn1c(=O)n(C2CCC(=O)NC2=O)c2cccc(C[C@H]3CC[C@H](N(C)C[C@H]4CC[C@H](n5cc(NC(=O)c6cnn7ccc(N8C[C@H]9C[C@@H]8CO9)nc67)c(C(F)F)n5)CC4)CC3)c21. The Kier molecular flexibility index (Phi) is 10.7. The van der Waals surface area contributed by atoms with Gasteiger partial charge in [-0.2, -0.15) is 10.2 Å². The van der Waals surface area contributed by atoms with Gasteiger partial charge >= 0.3 is 5.69 Å². The molecule has 5 aromatic rings. The molecular formula is C44H53F2N11O5. The predicted octanol–water partition coefficient (Wildman–Crippen LogP) is 5.19. The Hall–Kier alpha value is -5.49. The smallest absolute Gasteiger partial charge is 0.329 e. The van der Waals surface area contributed by atoms with E-state index in [1.165, 1.54) is 10.7 Å². The first-order chi connectivity index (χ1) is 30.0. The second-order valence-electron chi connectivity index (χ2n) is 18.2. The zero-order valence-corrected chi connectivity index (χ0v) is 35.1. The molecule has 18 heteroatoms. The number of alkyl halides is 2. The second-order valence-corrected chi connectivity index (χ2v) is 18.2. The van der Waals surface area contributed by atoms with E-state index in [-0.39, 0.29) is 47.5 Å². The van der Waals surface area contributed by atoms with Gasteiger partial charge in [-0.1, -0.05) is 12.1 Å². The summed E-state index contributed by atoms with van der Waals surface area (Å²) in [4.78, 5) is 60.9. The minimum Gasteiger partial charge on any atom is -0.374 e. The van der Waals surface area contributed by atoms with Crippen molar-refractivity contribution in [3.05, 3.63) is 70.2 Å². The highest BCUT2D eigenvalue weighted by Gasteiger charge is 2.40. The molecule has 5 fully saturated rings. The molecule has 62 heavy (non-hydrogen) atoms. The van der Waals surface area contributed by atoms with Crippen molar-refractivity contribution < 1.29 is 27.9 Å². The third-order valence-corrected chi connectivity index (χ3v) is 14.4. The molecule has 16 nitrogen and oxygen atoms in total. The average molecular weight is 854 g/mol. The van der Waals surface area contributed by atoms with Crippen LogP contribution in [0.3, 0.4) is 0 Å². The lowest BCUT2D eigenvalue weighted by atomic mass is 9.81. The van der Waals surface area contributed by atoms with Crippen LogP contribution in [0.4, 0.5) is 20.3 Å². The number of imidazole rings is 1. The Balaban J connectivity index is 0.729. The number of fused-ring (bicyclic) bond motifs is 4. The van der Waals surface area contributed by atoms with Gasteiger partial charge in [-0.25, -0.2) is 23.1 Å². The van der Waals surface area contributed by atoms with Gasteiger partial charge in [0, 0.05) is 45.0 Å². The fraction of sp³-hybridized carbons (Fsp3) is 0.568. The summed E-state index contributed by atoms with van der Waals surface area (Å²) >= 11 is 0. The molecule has 3 aliphatic heterocycles. The van der Waals surface area contributed by atoms with Crippen LogP contribution in [0.15, 0.2) is 47.7 Å². The Morgan fingerprint density at radius 2 is 1.81 bits per heavy atom. The van der Waals surface area contributed by atoms with Crippen molar-refractivity contribution >= 4 is 45.9 Å². The summed E-state index contributed by atoms with van der Waals surface area (Å²) in [6.07, 6.45) is 12.2. The van der Waals surface area contributed by atoms with E-state index in [0.29, 0.717) is 36.6 Å². The zero-order chi connectivity index (χ0) is 42.8. The van der Waals surface area contributed by atoms with Crippen molar-refractivity contribution in [3.63, 3.8) is 0 Å². The maximum Gasteiger partial charge on any atom is 0.329 e. The van der Waals surface area contributed by atoms with Crippen LogP contribution in [0.1, 0.15) is 111 Å². The number of imide groups is 1. The van der Waals surface area contributed by atoms with Gasteiger partial charge in [0.05, 0.1) is 47.7 Å². The number of hydrogen-bond acceptors (Lipinski definition) is 10. The van der Waals surface area contributed by atoms with Gasteiger partial charge < -0.3 is 19.9 Å². The number of rotatable bonds is 11. The Bertz CT molecular complexity index is 2580. The molecule has 3 amide bonds. The number of nitrogens with zero attached hydrogens (tertiary/aromatic N) is 9. The van der Waals surface area contributed by atoms with E-state index in [0.717, 1.165) is 99.7 Å². The van der Waals surface area contributed by atoms with Crippen LogP contribution in [-0.2, 0) is 27.8 Å². The summed E-state index contributed by atoms with van der Waals surface area (Å²) < 4.78 is 40.7. The number of ether oxygens (including phenoxy) is 1. The topological polar surface area (TPSA) is 166 Å². The first kappa shape index (κ1) is 40.6. The van der Waals surface area contributed by atoms with Crippen LogP contribution < -0.4 is 21.2 Å². The molecule has 2 saturated carbocycles. The summed E-state index contributed by atoms with van der Waals surface area (Å²) in [5.74, 6) is 0.401. The lowest BCUT2D eigenvalue weighted by molar-refractivity contribution is -0.135. The summed E-state index contributed by atoms with van der Waals surface area (Å²) in [6.45, 7) is 2.36. The van der Waals surface area contributed by atoms with Gasteiger partial charge in [-0.15, -0.1) is 0 Å². The van der Waals surface area contributed by atoms with Gasteiger partial charge in [0.2, 0.25) is 11.8 Å². The lowest BCUT2D eigenvalue weighted by Gasteiger charge is -2.38. The summed E-state index contributed by atoms with van der Waals surface area (Å²) in [6, 6.07) is 7.78. The minimum absolute atomic E-state index is 0.00155. The number of halogens is 2. The van der Waals surface area contributed by atoms with Crippen molar-refractivity contribution in [3.8, 4) is 0 Å². The number of aromatic nitrogens is 7. The number of hydrogen-bond donors (Lipinski definition) is 2. The quantitative estimate of drug-likeness (QED) is 0.169. The van der Waals surface area contributed by atoms with E-state index >= 15 is 0 Å². The standard InChI is InChI=1S/C44H53F2N11O5/c1-52(28-10-6-25(7-11-28)18-27-4-3-5-34-39(27)53(2)44(61)57(34)35-14-15-37(58)50-43(35)60)21-26-8-12-29(13-9-26)56-23-33(38(51-56)40(45)46)48-42(59)32-20-47-55-17-16-36(49-41(32)55)54-22-31-19-30(54)24-62-31/h3-5,16-17,20,23,25-26,28-31,35,40H,6-15,18-19,21-22,24H2,1-2H3,(H,48,59)(H,50,58,60)/t25-,26-,28-,29-,30-,31-,35?/m1/s1. The van der Waals surface area contributed by atoms with Gasteiger partial charge in [0.15, 0.2) is 11.3 Å². The molecule has 7 heterocycles. The normalized spacial score (nSPS) is 26.7. The maximum atomic E-state index is 14.3. The molecule has 3 atom stereocenters. The number of piperidine rings is 1. The maximum absolute atomic E-state index is 14.3. The molecule has 5 aliphatic rings. The van der Waals surface area contributed by atoms with E-state index in [1.54, 1.807) is 33.3 Å². The molecule has 0 spiro atoms. The Morgan fingerprint density at radius 1 is 1.02 bits per heavy atom. The summed E-state index contributed by atoms with van der Waals surface area (Å²) in [5.41, 5.74) is 2.55. The van der Waals surface area contributed by atoms with Gasteiger partial charge in [0.1, 0.15) is 17.4 Å². The third kappa shape index (κ3) is 7.47. The molecule has 4 aromatic heterocycles. The number of amides is 3. The van der Waals surface area contributed by atoms with Crippen LogP contribution in [0.2, 0.25) is 0 Å². The van der Waals surface area contributed by atoms with Crippen molar-refractivity contribution in [2.45, 2.75) is 114 Å². The van der Waals surface area contributed by atoms with E-state index in [4.69, 9.17) is 9.72 Å². The minimum atomic E-state index is -2.86. The zero-order valence-electron chi connectivity index (χ0n) is 35.1. The second kappa shape index (κ2) is 16.3. The molecule has 1 aromatic carbocycles. The Labute approximate surface area is 356 Å². The van der Waals surface area contributed by atoms with Crippen molar-refractivity contribution in [1.82, 2.24) is 43.7 Å². The van der Waals surface area contributed by atoms with Crippen LogP contribution in [0, 0.1) is 11.8 Å². The van der Waals surface area contributed by atoms with E-state index in [9.17, 15) is 28.0 Å². The van der Waals surface area contributed by atoms with Crippen molar-refractivity contribution in [2.75, 3.05) is 37.0 Å². The van der Waals surface area contributed by atoms with Crippen molar-refractivity contribution in [1.29, 1.82) is 0 Å². The monoisotopic (exact) mass is 853 g/mol. The van der Waals surface area contributed by atoms with Gasteiger partial charge in [-0.05, 0) is 107 Å². The first-order valence-corrected chi connectivity index (χ1v) is 22.1. The fourth-order valence-corrected chi connectivity index (χ4v) is 11.1. The van der Waals surface area contributed by atoms with Crippen LogP contribution in [0.25, 0.3) is 16.7 Å². The number of aryl methyl sites for hydroxylation is 1. The molecule has 2 bridgehead atoms. The first-order valence-electron chi connectivity index (χ1n) is 22.1. The number of morpholine rings is 1. The third-order valence-electron chi connectivity index (χ3n) is 14.4. The molecule has 0 radical (unpaired) electrons. The van der Waals surface area contributed by atoms with Gasteiger partial charge in [-0.3, -0.25) is 33.5 Å². The number of anilines is 2. The number of benzene rings is 1. The number of carbonyl (C=O) groups excluding carboxylic acids is 3. The fourth-order valence-electron chi connectivity index (χ4n) is 11.1. The Morgan fingerprint density at radius 3 is 2.53 bits per heavy atom. The summed E-state index contributed by atoms with van der Waals surface area (Å²) in [7, 11) is 3.98. The van der Waals surface area contributed by atoms with E-state index in [1.807, 2.05) is 18.2 Å². The lowest BCUT2D eigenvalue weighted by Crippen LogP contribution is -2.44. The molecule has 2 aliphatic carbocycles. The summed E-state index contributed by atoms with van der Waals surface area (Å²) in [5, 5.41) is 13.7. The van der Waals surface area contributed by atoms with Crippen LogP contribution in [0.5, 0.6) is 0 Å². The largest absolute Gasteiger partial charge is 0.374 e. The molecule has 10 rings (SSSR count). The molecule has 1 unspecified atom stereocenters. The van der Waals surface area contributed by atoms with E-state index < -0.39 is 30.0 Å². The van der Waals surface area contributed by atoms with Crippen molar-refractivity contribution in [2.24, 2.45) is 18.9 Å². The highest BCUT2D eigenvalue weighted by Crippen LogP contribution is 2.38. The number of carbonyl (C=O) groups is 3. The van der Waals surface area contributed by atoms with Gasteiger partial charge in [0.25, 0.3) is 12.3 Å². The number of para-hydroxylation sites is 1. The average Bonchev–Trinajstić information content (AvgIpc) is 4.12. The van der Waals surface area contributed by atoms with Crippen LogP contribution >= 0.6 is 0 Å². The van der Waals surface area contributed by atoms with Crippen LogP contribution in [-0.4, -0.2) is 101 Å².